The highest BCUT2D eigenvalue weighted by Gasteiger charge is 2.77. The van der Waals surface area contributed by atoms with Crippen molar-refractivity contribution in [3.63, 3.8) is 0 Å². The van der Waals surface area contributed by atoms with E-state index in [2.05, 4.69) is 17.6 Å². The van der Waals surface area contributed by atoms with E-state index >= 15 is 0 Å². The molecule has 3 aliphatic heterocycles. The van der Waals surface area contributed by atoms with Crippen molar-refractivity contribution < 1.29 is 19.5 Å². The predicted molar refractivity (Wildman–Crippen MR) is 116 cm³/mol. The second-order valence-corrected chi connectivity index (χ2v) is 11.5. The molecule has 8 heteroatoms. The van der Waals surface area contributed by atoms with E-state index in [1.54, 1.807) is 16.7 Å². The molecule has 1 spiro atoms. The number of thioether (sulfide) groups is 1. The van der Waals surface area contributed by atoms with Crippen LogP contribution >= 0.6 is 11.8 Å². The first-order valence-corrected chi connectivity index (χ1v) is 12.4. The Hall–Kier alpha value is -1.28. The second-order valence-electron chi connectivity index (χ2n) is 9.62. The number of nitrogens with zero attached hydrogens (tertiary/aromatic N) is 1. The van der Waals surface area contributed by atoms with Gasteiger partial charge < -0.3 is 20.6 Å². The molecule has 168 valence electrons. The average molecular weight is 438 g/mol. The van der Waals surface area contributed by atoms with Crippen LogP contribution in [0.4, 0.5) is 0 Å². The van der Waals surface area contributed by atoms with Gasteiger partial charge >= 0.3 is 0 Å². The van der Waals surface area contributed by atoms with E-state index in [1.165, 1.54) is 6.42 Å². The number of hydrogen-bond acceptors (Lipinski definition) is 5. The van der Waals surface area contributed by atoms with Crippen molar-refractivity contribution in [3.05, 3.63) is 0 Å². The molecule has 0 aromatic carbocycles. The van der Waals surface area contributed by atoms with E-state index in [-0.39, 0.29) is 41.7 Å². The number of β-amino-alcohol motifs (C(OH)–C–C–N with tert-alkyl or cyclic N) is 1. The maximum atomic E-state index is 13.5. The Balaban J connectivity index is 1.64. The van der Waals surface area contributed by atoms with E-state index < -0.39 is 22.6 Å². The lowest BCUT2D eigenvalue weighted by Gasteiger charge is -2.35. The summed E-state index contributed by atoms with van der Waals surface area (Å²) < 4.78 is -0.902. The molecule has 2 unspecified atom stereocenters. The summed E-state index contributed by atoms with van der Waals surface area (Å²) in [7, 11) is 0. The van der Waals surface area contributed by atoms with Crippen LogP contribution < -0.4 is 10.6 Å². The number of amides is 3. The van der Waals surface area contributed by atoms with Gasteiger partial charge in [0, 0.05) is 23.9 Å². The van der Waals surface area contributed by atoms with Crippen LogP contribution in [0.15, 0.2) is 0 Å². The number of fused-ring (bicyclic) bond motifs is 1. The normalized spacial score (nSPS) is 38.0. The largest absolute Gasteiger partial charge is 0.395 e. The van der Waals surface area contributed by atoms with Crippen LogP contribution in [-0.4, -0.2) is 69.0 Å². The zero-order valence-electron chi connectivity index (χ0n) is 18.1. The Labute approximate surface area is 183 Å². The second kappa shape index (κ2) is 8.34. The minimum absolute atomic E-state index is 0.0657. The van der Waals surface area contributed by atoms with Crippen molar-refractivity contribution in [3.8, 4) is 0 Å². The Morgan fingerprint density at radius 3 is 2.60 bits per heavy atom. The maximum absolute atomic E-state index is 13.5. The van der Waals surface area contributed by atoms with E-state index in [0.717, 1.165) is 44.9 Å². The number of likely N-dealkylation sites (tertiary alicyclic amines) is 1. The summed E-state index contributed by atoms with van der Waals surface area (Å²) in [6.45, 7) is 4.64. The Morgan fingerprint density at radius 1 is 1.20 bits per heavy atom. The zero-order valence-corrected chi connectivity index (χ0v) is 18.9. The van der Waals surface area contributed by atoms with Gasteiger partial charge in [-0.1, -0.05) is 26.2 Å². The molecule has 4 fully saturated rings. The van der Waals surface area contributed by atoms with Crippen molar-refractivity contribution >= 4 is 29.5 Å². The van der Waals surface area contributed by atoms with E-state index in [9.17, 15) is 19.5 Å². The molecule has 1 aliphatic carbocycles. The molecule has 0 aromatic rings. The van der Waals surface area contributed by atoms with E-state index in [4.69, 9.17) is 0 Å². The molecule has 1 saturated carbocycles. The fourth-order valence-corrected chi connectivity index (χ4v) is 8.72. The summed E-state index contributed by atoms with van der Waals surface area (Å²) in [6.07, 6.45) is 7.84. The number of aliphatic hydroxyl groups is 1. The predicted octanol–water partition coefficient (Wildman–Crippen LogP) is 1.44. The van der Waals surface area contributed by atoms with Gasteiger partial charge in [-0.05, 0) is 39.0 Å². The first-order chi connectivity index (χ1) is 14.4. The summed E-state index contributed by atoms with van der Waals surface area (Å²) in [5, 5.41) is 15.8. The smallest absolute Gasteiger partial charge is 0.244 e. The van der Waals surface area contributed by atoms with Crippen LogP contribution in [0.2, 0.25) is 0 Å². The summed E-state index contributed by atoms with van der Waals surface area (Å²) >= 11 is 1.69. The van der Waals surface area contributed by atoms with Crippen LogP contribution in [-0.2, 0) is 14.4 Å². The number of hydrogen-bond donors (Lipinski definition) is 3. The van der Waals surface area contributed by atoms with Gasteiger partial charge in [-0.25, -0.2) is 0 Å². The Bertz CT molecular complexity index is 712. The van der Waals surface area contributed by atoms with Gasteiger partial charge in [-0.15, -0.1) is 11.8 Å². The number of rotatable bonds is 7. The molecule has 4 aliphatic rings. The quantitative estimate of drug-likeness (QED) is 0.560. The fraction of sp³-hybridized carbons (Fsp3) is 0.864. The van der Waals surface area contributed by atoms with Gasteiger partial charge in [-0.3, -0.25) is 14.4 Å². The van der Waals surface area contributed by atoms with Gasteiger partial charge in [0.1, 0.15) is 6.04 Å². The number of nitrogens with one attached hydrogen (secondary N) is 2. The Kier molecular flexibility index (Phi) is 6.10. The first-order valence-electron chi connectivity index (χ1n) is 11.6. The van der Waals surface area contributed by atoms with E-state index in [1.807, 2.05) is 6.92 Å². The topological polar surface area (TPSA) is 98.7 Å². The third-order valence-electron chi connectivity index (χ3n) is 7.65. The van der Waals surface area contributed by atoms with Crippen molar-refractivity contribution in [2.24, 2.45) is 11.8 Å². The minimum Gasteiger partial charge on any atom is -0.395 e. The van der Waals surface area contributed by atoms with Crippen molar-refractivity contribution in [1.82, 2.24) is 15.5 Å². The summed E-state index contributed by atoms with van der Waals surface area (Å²) in [5.74, 6) is -1.22. The lowest BCUT2D eigenvalue weighted by molar-refractivity contribution is -0.141. The average Bonchev–Trinajstić information content (AvgIpc) is 3.28. The molecular formula is C22H35N3O4S. The number of carbonyl (C=O) groups is 3. The molecular weight excluding hydrogens is 402 g/mol. The van der Waals surface area contributed by atoms with Gasteiger partial charge in [0.05, 0.1) is 23.2 Å². The molecule has 2 bridgehead atoms. The molecule has 3 N–H and O–H groups in total. The molecule has 3 heterocycles. The summed E-state index contributed by atoms with van der Waals surface area (Å²) in [4.78, 5) is 41.7. The van der Waals surface area contributed by atoms with Crippen LogP contribution in [0.3, 0.4) is 0 Å². The molecule has 0 aromatic heterocycles. The molecule has 3 amide bonds. The van der Waals surface area contributed by atoms with Gasteiger partial charge in [0.25, 0.3) is 0 Å². The van der Waals surface area contributed by atoms with Gasteiger partial charge in [0.15, 0.2) is 0 Å². The van der Waals surface area contributed by atoms with Gasteiger partial charge in [0.2, 0.25) is 17.7 Å². The van der Waals surface area contributed by atoms with Crippen LogP contribution in [0.25, 0.3) is 0 Å². The first kappa shape index (κ1) is 21.9. The fourth-order valence-electron chi connectivity index (χ4n) is 6.36. The standard InChI is InChI=1S/C22H35N3O4S/c1-3-11-23-18(27)15-16-20(29)25(12-13-26)17(22(16)10-9-21(15,2)30-22)19(28)24-14-7-5-4-6-8-14/h14-17,26H,3-13H2,1-2H3,(H,23,27)(H,24,28)/t15-,16-,17?,21+,22?/m0/s1. The van der Waals surface area contributed by atoms with Gasteiger partial charge in [-0.2, -0.15) is 0 Å². The highest BCUT2D eigenvalue weighted by Crippen LogP contribution is 2.71. The SMILES string of the molecule is CCCNC(=O)[C@@H]1[C@H]2C(=O)N(CCO)C(C(=O)NC3CCCCC3)C23CC[C@@]1(C)S3. The highest BCUT2D eigenvalue weighted by atomic mass is 32.2. The monoisotopic (exact) mass is 437 g/mol. The third kappa shape index (κ3) is 3.34. The maximum Gasteiger partial charge on any atom is 0.244 e. The van der Waals surface area contributed by atoms with Crippen molar-refractivity contribution in [2.45, 2.75) is 86.8 Å². The van der Waals surface area contributed by atoms with Crippen LogP contribution in [0.1, 0.15) is 65.2 Å². The highest BCUT2D eigenvalue weighted by molar-refractivity contribution is 8.02. The minimum atomic E-state index is -0.611. The van der Waals surface area contributed by atoms with Crippen LogP contribution in [0.5, 0.6) is 0 Å². The number of aliphatic hydroxyl groups excluding tert-OH is 1. The third-order valence-corrected chi connectivity index (χ3v) is 9.63. The molecule has 5 atom stereocenters. The molecule has 7 nitrogen and oxygen atoms in total. The lowest BCUT2D eigenvalue weighted by atomic mass is 9.66. The zero-order chi connectivity index (χ0) is 21.5. The summed E-state index contributed by atoms with van der Waals surface area (Å²) in [5.41, 5.74) is 0. The van der Waals surface area contributed by atoms with E-state index in [0.29, 0.717) is 6.54 Å². The van der Waals surface area contributed by atoms with Crippen LogP contribution in [0, 0.1) is 11.8 Å². The number of carbonyl (C=O) groups excluding carboxylic acids is 3. The molecule has 30 heavy (non-hydrogen) atoms. The molecule has 0 radical (unpaired) electrons. The Morgan fingerprint density at radius 2 is 1.93 bits per heavy atom. The van der Waals surface area contributed by atoms with Crippen molar-refractivity contribution in [2.75, 3.05) is 19.7 Å². The molecule has 3 saturated heterocycles. The summed E-state index contributed by atoms with van der Waals surface area (Å²) in [6, 6.07) is -0.449. The lowest BCUT2D eigenvalue weighted by Crippen LogP contribution is -2.56. The van der Waals surface area contributed by atoms with Crippen molar-refractivity contribution in [1.29, 1.82) is 0 Å². The molecule has 4 rings (SSSR count).